The number of hydrogen-bond donors (Lipinski definition) is 2. The molecule has 0 radical (unpaired) electrons. The number of nitrogens with zero attached hydrogens (tertiary/aromatic N) is 2. The van der Waals surface area contributed by atoms with Gasteiger partial charge in [-0.2, -0.15) is 0 Å². The third-order valence-electron chi connectivity index (χ3n) is 4.36. The molecule has 7 nitrogen and oxygen atoms in total. The van der Waals surface area contributed by atoms with Gasteiger partial charge < -0.3 is 20.2 Å². The van der Waals surface area contributed by atoms with E-state index in [1.807, 2.05) is 31.2 Å². The van der Waals surface area contributed by atoms with Gasteiger partial charge in [-0.05, 0) is 37.5 Å². The summed E-state index contributed by atoms with van der Waals surface area (Å²) in [5.41, 5.74) is 1.79. The van der Waals surface area contributed by atoms with E-state index in [2.05, 4.69) is 5.32 Å². The number of carboxylic acid groups (broad SMARTS) is 1. The Hall–Kier alpha value is -2.57. The first-order valence-electron chi connectivity index (χ1n) is 8.46. The lowest BCUT2D eigenvalue weighted by atomic mass is 9.97. The Morgan fingerprint density at radius 3 is 2.80 bits per heavy atom. The van der Waals surface area contributed by atoms with Crippen molar-refractivity contribution in [2.75, 3.05) is 32.0 Å². The molecule has 1 heterocycles. The quantitative estimate of drug-likeness (QED) is 0.854. The second-order valence-electron chi connectivity index (χ2n) is 6.49. The molecule has 1 unspecified atom stereocenters. The number of likely N-dealkylation sites (tertiary alicyclic amines) is 1. The first-order chi connectivity index (χ1) is 11.9. The number of nitrogens with one attached hydrogen (secondary N) is 1. The number of carbonyl (C=O) groups excluding carboxylic acids is 2. The average molecular weight is 347 g/mol. The molecule has 1 aromatic carbocycles. The fraction of sp³-hybridized carbons (Fsp3) is 0.500. The van der Waals surface area contributed by atoms with Crippen molar-refractivity contribution in [2.24, 2.45) is 5.92 Å². The Kier molecular flexibility index (Phi) is 6.38. The molecule has 7 heteroatoms. The normalized spacial score (nSPS) is 17.0. The summed E-state index contributed by atoms with van der Waals surface area (Å²) in [4.78, 5) is 38.6. The Morgan fingerprint density at radius 1 is 1.36 bits per heavy atom. The third kappa shape index (κ3) is 5.48. The molecule has 1 fully saturated rings. The molecule has 1 saturated heterocycles. The van der Waals surface area contributed by atoms with Crippen LogP contribution in [0, 0.1) is 12.8 Å². The van der Waals surface area contributed by atoms with Gasteiger partial charge in [-0.3, -0.25) is 9.59 Å². The molecule has 1 atom stereocenters. The van der Waals surface area contributed by atoms with Gasteiger partial charge in [-0.15, -0.1) is 0 Å². The molecule has 3 amide bonds. The van der Waals surface area contributed by atoms with Crippen LogP contribution in [0.2, 0.25) is 0 Å². The maximum atomic E-state index is 12.5. The van der Waals surface area contributed by atoms with E-state index in [0.29, 0.717) is 19.5 Å². The molecule has 1 aliphatic rings. The van der Waals surface area contributed by atoms with E-state index in [4.69, 9.17) is 5.11 Å². The predicted octanol–water partition coefficient (Wildman–Crippen LogP) is 2.17. The van der Waals surface area contributed by atoms with Crippen LogP contribution in [0.3, 0.4) is 0 Å². The SMILES string of the molecule is Cc1cccc(NC(=O)N2CCCC(C(=O)N(C)CCC(=O)O)C2)c1. The van der Waals surface area contributed by atoms with Crippen molar-refractivity contribution in [1.82, 2.24) is 9.80 Å². The Bertz CT molecular complexity index is 647. The molecule has 0 aromatic heterocycles. The largest absolute Gasteiger partial charge is 0.481 e. The molecule has 0 spiro atoms. The molecule has 25 heavy (non-hydrogen) atoms. The van der Waals surface area contributed by atoms with Crippen LogP contribution >= 0.6 is 0 Å². The Labute approximate surface area is 147 Å². The minimum absolute atomic E-state index is 0.0769. The molecule has 0 aliphatic carbocycles. The Balaban J connectivity index is 1.92. The van der Waals surface area contributed by atoms with Crippen LogP contribution in [-0.4, -0.2) is 59.5 Å². The van der Waals surface area contributed by atoms with Gasteiger partial charge in [0.1, 0.15) is 0 Å². The Morgan fingerprint density at radius 2 is 2.12 bits per heavy atom. The minimum Gasteiger partial charge on any atom is -0.481 e. The number of carboxylic acids is 1. The summed E-state index contributed by atoms with van der Waals surface area (Å²) in [6.07, 6.45) is 1.39. The summed E-state index contributed by atoms with van der Waals surface area (Å²) in [5, 5.41) is 11.6. The van der Waals surface area contributed by atoms with E-state index in [9.17, 15) is 14.4 Å². The second-order valence-corrected chi connectivity index (χ2v) is 6.49. The standard InChI is InChI=1S/C18H25N3O4/c1-13-5-3-7-15(11-13)19-18(25)21-9-4-6-14(12-21)17(24)20(2)10-8-16(22)23/h3,5,7,11,14H,4,6,8-10,12H2,1-2H3,(H,19,25)(H,22,23). The highest BCUT2D eigenvalue weighted by Crippen LogP contribution is 2.20. The van der Waals surface area contributed by atoms with Crippen LogP contribution < -0.4 is 5.32 Å². The lowest BCUT2D eigenvalue weighted by Gasteiger charge is -2.34. The van der Waals surface area contributed by atoms with E-state index >= 15 is 0 Å². The van der Waals surface area contributed by atoms with Gasteiger partial charge in [0.15, 0.2) is 0 Å². The number of aryl methyl sites for hydroxylation is 1. The van der Waals surface area contributed by atoms with Crippen molar-refractivity contribution in [3.05, 3.63) is 29.8 Å². The zero-order valence-electron chi connectivity index (χ0n) is 14.7. The number of benzene rings is 1. The first-order valence-corrected chi connectivity index (χ1v) is 8.46. The van der Waals surface area contributed by atoms with E-state index in [1.54, 1.807) is 11.9 Å². The third-order valence-corrected chi connectivity index (χ3v) is 4.36. The monoisotopic (exact) mass is 347 g/mol. The van der Waals surface area contributed by atoms with Gasteiger partial charge in [0.25, 0.3) is 0 Å². The smallest absolute Gasteiger partial charge is 0.321 e. The van der Waals surface area contributed by atoms with Gasteiger partial charge in [-0.25, -0.2) is 4.79 Å². The van der Waals surface area contributed by atoms with Crippen molar-refractivity contribution >= 4 is 23.6 Å². The summed E-state index contributed by atoms with van der Waals surface area (Å²) in [6.45, 7) is 3.10. The molecule has 0 saturated carbocycles. The zero-order chi connectivity index (χ0) is 18.4. The van der Waals surface area contributed by atoms with Crippen molar-refractivity contribution in [3.63, 3.8) is 0 Å². The predicted molar refractivity (Wildman–Crippen MR) is 94.4 cm³/mol. The summed E-state index contributed by atoms with van der Waals surface area (Å²) in [5.74, 6) is -1.31. The molecule has 2 rings (SSSR count). The number of urea groups is 1. The average Bonchev–Trinajstić information content (AvgIpc) is 2.59. The van der Waals surface area contributed by atoms with Crippen LogP contribution in [0.25, 0.3) is 0 Å². The molecular weight excluding hydrogens is 322 g/mol. The number of rotatable bonds is 5. The number of piperidine rings is 1. The second kappa shape index (κ2) is 8.50. The van der Waals surface area contributed by atoms with E-state index < -0.39 is 5.97 Å². The van der Waals surface area contributed by atoms with Crippen LogP contribution in [-0.2, 0) is 9.59 Å². The van der Waals surface area contributed by atoms with Gasteiger partial charge in [0.05, 0.1) is 12.3 Å². The highest BCUT2D eigenvalue weighted by Gasteiger charge is 2.30. The van der Waals surface area contributed by atoms with Crippen LogP contribution in [0.15, 0.2) is 24.3 Å². The number of hydrogen-bond acceptors (Lipinski definition) is 3. The van der Waals surface area contributed by atoms with Gasteiger partial charge >= 0.3 is 12.0 Å². The van der Waals surface area contributed by atoms with E-state index in [0.717, 1.165) is 17.7 Å². The summed E-state index contributed by atoms with van der Waals surface area (Å²) < 4.78 is 0. The van der Waals surface area contributed by atoms with E-state index in [1.165, 1.54) is 4.90 Å². The topological polar surface area (TPSA) is 90.0 Å². The fourth-order valence-corrected chi connectivity index (χ4v) is 2.97. The number of aliphatic carboxylic acids is 1. The van der Waals surface area contributed by atoms with Crippen LogP contribution in [0.1, 0.15) is 24.8 Å². The summed E-state index contributed by atoms with van der Waals surface area (Å²) in [7, 11) is 1.61. The highest BCUT2D eigenvalue weighted by molar-refractivity contribution is 5.90. The molecule has 0 bridgehead atoms. The lowest BCUT2D eigenvalue weighted by Crippen LogP contribution is -2.47. The maximum Gasteiger partial charge on any atom is 0.321 e. The summed E-state index contributed by atoms with van der Waals surface area (Å²) >= 11 is 0. The van der Waals surface area contributed by atoms with Crippen molar-refractivity contribution in [2.45, 2.75) is 26.2 Å². The molecule has 136 valence electrons. The number of anilines is 1. The minimum atomic E-state index is -0.928. The van der Waals surface area contributed by atoms with E-state index in [-0.39, 0.29) is 30.8 Å². The highest BCUT2D eigenvalue weighted by atomic mass is 16.4. The van der Waals surface area contributed by atoms with Gasteiger partial charge in [0.2, 0.25) is 5.91 Å². The fourth-order valence-electron chi connectivity index (χ4n) is 2.97. The van der Waals surface area contributed by atoms with Crippen molar-refractivity contribution in [3.8, 4) is 0 Å². The van der Waals surface area contributed by atoms with Crippen molar-refractivity contribution < 1.29 is 19.5 Å². The summed E-state index contributed by atoms with van der Waals surface area (Å²) in [6, 6.07) is 7.35. The van der Waals surface area contributed by atoms with Crippen molar-refractivity contribution in [1.29, 1.82) is 0 Å². The molecule has 2 N–H and O–H groups in total. The number of carbonyl (C=O) groups is 3. The van der Waals surface area contributed by atoms with Crippen LogP contribution in [0.4, 0.5) is 10.5 Å². The van der Waals surface area contributed by atoms with Gasteiger partial charge in [0, 0.05) is 32.4 Å². The number of amides is 3. The molecular formula is C18H25N3O4. The first kappa shape index (κ1) is 18.8. The molecule has 1 aliphatic heterocycles. The zero-order valence-corrected chi connectivity index (χ0v) is 14.7. The molecule has 1 aromatic rings. The maximum absolute atomic E-state index is 12.5. The van der Waals surface area contributed by atoms with Crippen LogP contribution in [0.5, 0.6) is 0 Å². The lowest BCUT2D eigenvalue weighted by molar-refractivity contribution is -0.139. The van der Waals surface area contributed by atoms with Gasteiger partial charge in [-0.1, -0.05) is 12.1 Å².